The molecule has 1 aromatic carbocycles. The van der Waals surface area contributed by atoms with E-state index in [1.165, 1.54) is 6.20 Å². The summed E-state index contributed by atoms with van der Waals surface area (Å²) in [5.74, 6) is -1.05. The van der Waals surface area contributed by atoms with Crippen LogP contribution in [0.1, 0.15) is 54.3 Å². The number of carbonyl (C=O) groups is 2. The predicted octanol–water partition coefficient (Wildman–Crippen LogP) is 2.78. The molecule has 1 unspecified atom stereocenters. The van der Waals surface area contributed by atoms with Gasteiger partial charge in [-0.3, -0.25) is 9.59 Å². The van der Waals surface area contributed by atoms with Crippen LogP contribution in [0.2, 0.25) is 0 Å². The van der Waals surface area contributed by atoms with Gasteiger partial charge in [-0.05, 0) is 44.5 Å². The van der Waals surface area contributed by atoms with Crippen molar-refractivity contribution in [1.82, 2.24) is 14.9 Å². The number of aromatic nitrogens is 2. The lowest BCUT2D eigenvalue weighted by Gasteiger charge is -2.42. The summed E-state index contributed by atoms with van der Waals surface area (Å²) in [6.45, 7) is 6.67. The maximum atomic E-state index is 12.3. The van der Waals surface area contributed by atoms with Crippen LogP contribution in [0.15, 0.2) is 42.7 Å². The maximum absolute atomic E-state index is 12.3. The molecule has 0 spiro atoms. The average molecular weight is 435 g/mol. The first kappa shape index (κ1) is 21.8. The number of carbonyl (C=O) groups excluding carboxylic acids is 2. The van der Waals surface area contributed by atoms with Gasteiger partial charge in [0.15, 0.2) is 0 Å². The SMILES string of the molecule is CNC1(C)CC[C@@H](Nc2c(C(N)=O)cnn3cc(-c4ccccc4C(N)=O)cc23)C1(C)C. The minimum absolute atomic E-state index is 0.0472. The topological polar surface area (TPSA) is 128 Å². The highest BCUT2D eigenvalue weighted by atomic mass is 16.1. The van der Waals surface area contributed by atoms with Gasteiger partial charge >= 0.3 is 0 Å². The molecule has 32 heavy (non-hydrogen) atoms. The minimum Gasteiger partial charge on any atom is -0.379 e. The smallest absolute Gasteiger partial charge is 0.252 e. The van der Waals surface area contributed by atoms with Crippen molar-refractivity contribution >= 4 is 23.0 Å². The Morgan fingerprint density at radius 1 is 1.12 bits per heavy atom. The highest BCUT2D eigenvalue weighted by Gasteiger charge is 2.51. The molecule has 2 amide bonds. The van der Waals surface area contributed by atoms with E-state index in [1.807, 2.05) is 31.4 Å². The van der Waals surface area contributed by atoms with Crippen LogP contribution in [0.5, 0.6) is 0 Å². The number of nitrogens with one attached hydrogen (secondary N) is 2. The van der Waals surface area contributed by atoms with Crippen molar-refractivity contribution in [2.24, 2.45) is 16.9 Å². The van der Waals surface area contributed by atoms with E-state index in [9.17, 15) is 9.59 Å². The molecule has 1 fully saturated rings. The van der Waals surface area contributed by atoms with Gasteiger partial charge in [0.2, 0.25) is 5.91 Å². The van der Waals surface area contributed by atoms with Gasteiger partial charge in [-0.2, -0.15) is 5.10 Å². The van der Waals surface area contributed by atoms with Crippen molar-refractivity contribution in [3.63, 3.8) is 0 Å². The van der Waals surface area contributed by atoms with E-state index in [0.29, 0.717) is 27.9 Å². The molecule has 0 saturated heterocycles. The number of rotatable bonds is 6. The summed E-state index contributed by atoms with van der Waals surface area (Å²) < 4.78 is 1.70. The lowest BCUT2D eigenvalue weighted by atomic mass is 9.74. The molecule has 4 rings (SSSR count). The molecule has 168 valence electrons. The molecule has 0 bridgehead atoms. The summed E-state index contributed by atoms with van der Waals surface area (Å²) >= 11 is 0. The van der Waals surface area contributed by atoms with E-state index in [4.69, 9.17) is 11.5 Å². The zero-order valence-electron chi connectivity index (χ0n) is 18.9. The summed E-state index contributed by atoms with van der Waals surface area (Å²) in [4.78, 5) is 24.2. The van der Waals surface area contributed by atoms with Crippen molar-refractivity contribution < 1.29 is 9.59 Å². The van der Waals surface area contributed by atoms with Crippen LogP contribution in [0.3, 0.4) is 0 Å². The second-order valence-corrected chi connectivity index (χ2v) is 9.31. The molecule has 3 aromatic rings. The van der Waals surface area contributed by atoms with Gasteiger partial charge in [0, 0.05) is 34.3 Å². The van der Waals surface area contributed by atoms with Gasteiger partial charge < -0.3 is 22.1 Å². The first-order valence-corrected chi connectivity index (χ1v) is 10.7. The van der Waals surface area contributed by atoms with Crippen LogP contribution >= 0.6 is 0 Å². The van der Waals surface area contributed by atoms with Crippen molar-refractivity contribution in [3.8, 4) is 11.1 Å². The monoisotopic (exact) mass is 434 g/mol. The predicted molar refractivity (Wildman–Crippen MR) is 126 cm³/mol. The van der Waals surface area contributed by atoms with Crippen molar-refractivity contribution in [2.45, 2.75) is 45.2 Å². The highest BCUT2D eigenvalue weighted by molar-refractivity contribution is 6.03. The van der Waals surface area contributed by atoms with Gasteiger partial charge in [0.05, 0.1) is 23.0 Å². The normalized spacial score (nSPS) is 22.2. The molecule has 0 aliphatic heterocycles. The third kappa shape index (κ3) is 3.31. The number of fused-ring (bicyclic) bond motifs is 1. The number of anilines is 1. The zero-order chi connectivity index (χ0) is 23.3. The number of nitrogens with zero attached hydrogens (tertiary/aromatic N) is 2. The lowest BCUT2D eigenvalue weighted by molar-refractivity contribution is 0.0992. The fourth-order valence-corrected chi connectivity index (χ4v) is 4.87. The number of nitrogens with two attached hydrogens (primary N) is 2. The largest absolute Gasteiger partial charge is 0.379 e. The number of hydrogen-bond acceptors (Lipinski definition) is 5. The standard InChI is InChI=1S/C24H30N6O2/c1-23(2)19(9-10-24(23,3)27-4)29-20-17(22(26)32)12-28-30-13-14(11-18(20)30)15-7-5-6-8-16(15)21(25)31/h5-8,11-13,19,27,29H,9-10H2,1-4H3,(H2,25,31)(H2,26,32)/t19-,24?/m1/s1. The quantitative estimate of drug-likeness (QED) is 0.474. The Bertz CT molecular complexity index is 1210. The van der Waals surface area contributed by atoms with Crippen LogP contribution in [0, 0.1) is 5.41 Å². The van der Waals surface area contributed by atoms with E-state index in [1.54, 1.807) is 16.6 Å². The summed E-state index contributed by atoms with van der Waals surface area (Å²) in [6.07, 6.45) is 5.25. The molecule has 8 heteroatoms. The summed E-state index contributed by atoms with van der Waals surface area (Å²) in [5, 5.41) is 11.5. The first-order valence-electron chi connectivity index (χ1n) is 10.7. The molecule has 8 nitrogen and oxygen atoms in total. The Labute approximate surface area is 187 Å². The highest BCUT2D eigenvalue weighted by Crippen LogP contribution is 2.47. The van der Waals surface area contributed by atoms with E-state index in [-0.39, 0.29) is 17.0 Å². The maximum Gasteiger partial charge on any atom is 0.252 e. The number of benzene rings is 1. The Kier molecular flexibility index (Phi) is 5.21. The average Bonchev–Trinajstić information content (AvgIpc) is 3.28. The molecule has 1 aliphatic carbocycles. The van der Waals surface area contributed by atoms with E-state index >= 15 is 0 Å². The molecule has 1 saturated carbocycles. The second-order valence-electron chi connectivity index (χ2n) is 9.31. The Morgan fingerprint density at radius 2 is 1.81 bits per heavy atom. The van der Waals surface area contributed by atoms with E-state index in [0.717, 1.165) is 18.4 Å². The molecule has 1 aliphatic rings. The second kappa shape index (κ2) is 7.63. The fourth-order valence-electron chi connectivity index (χ4n) is 4.87. The van der Waals surface area contributed by atoms with Crippen molar-refractivity contribution in [1.29, 1.82) is 0 Å². The third-order valence-corrected chi connectivity index (χ3v) is 7.50. The molecule has 2 heterocycles. The van der Waals surface area contributed by atoms with E-state index < -0.39 is 11.8 Å². The molecule has 0 radical (unpaired) electrons. The van der Waals surface area contributed by atoms with Gasteiger partial charge in [-0.15, -0.1) is 0 Å². The Balaban J connectivity index is 1.85. The zero-order valence-corrected chi connectivity index (χ0v) is 18.9. The van der Waals surface area contributed by atoms with E-state index in [2.05, 4.69) is 36.5 Å². The van der Waals surface area contributed by atoms with Gasteiger partial charge in [-0.1, -0.05) is 32.0 Å². The van der Waals surface area contributed by atoms with Crippen LogP contribution in [0.4, 0.5) is 5.69 Å². The first-order chi connectivity index (χ1) is 15.1. The molecular weight excluding hydrogens is 404 g/mol. The van der Waals surface area contributed by atoms with Crippen LogP contribution in [-0.2, 0) is 0 Å². The summed E-state index contributed by atoms with van der Waals surface area (Å²) in [5.41, 5.74) is 14.8. The van der Waals surface area contributed by atoms with Crippen LogP contribution in [0.25, 0.3) is 16.6 Å². The van der Waals surface area contributed by atoms with Crippen LogP contribution < -0.4 is 22.1 Å². The fraction of sp³-hybridized carbons (Fsp3) is 0.375. The van der Waals surface area contributed by atoms with Crippen molar-refractivity contribution in [2.75, 3.05) is 12.4 Å². The van der Waals surface area contributed by atoms with Crippen LogP contribution in [-0.4, -0.2) is 40.1 Å². The molecular formula is C24H30N6O2. The molecule has 6 N–H and O–H groups in total. The number of hydrogen-bond donors (Lipinski definition) is 4. The minimum atomic E-state index is -0.546. The lowest BCUT2D eigenvalue weighted by Crippen LogP contribution is -2.53. The number of amides is 2. The molecule has 2 aromatic heterocycles. The third-order valence-electron chi connectivity index (χ3n) is 7.50. The summed E-state index contributed by atoms with van der Waals surface area (Å²) in [6, 6.07) is 9.18. The number of primary amides is 2. The summed E-state index contributed by atoms with van der Waals surface area (Å²) in [7, 11) is 1.99. The van der Waals surface area contributed by atoms with Gasteiger partial charge in [0.25, 0.3) is 5.91 Å². The Hall–Kier alpha value is -3.39. The van der Waals surface area contributed by atoms with Crippen molar-refractivity contribution in [3.05, 3.63) is 53.9 Å². The molecule has 2 atom stereocenters. The Morgan fingerprint density at radius 3 is 2.44 bits per heavy atom. The van der Waals surface area contributed by atoms with Gasteiger partial charge in [-0.25, -0.2) is 4.52 Å². The van der Waals surface area contributed by atoms with Gasteiger partial charge in [0.1, 0.15) is 0 Å².